The molecule has 142 valence electrons. The molecule has 0 radical (unpaired) electrons. The van der Waals surface area contributed by atoms with Crippen molar-refractivity contribution in [2.45, 2.75) is 45.8 Å². The molecule has 1 aromatic rings. The van der Waals surface area contributed by atoms with Crippen LogP contribution in [0.3, 0.4) is 0 Å². The van der Waals surface area contributed by atoms with Crippen LogP contribution in [-0.4, -0.2) is 46.7 Å². The lowest BCUT2D eigenvalue weighted by molar-refractivity contribution is -0.147. The molecule has 1 aromatic carbocycles. The molecule has 0 spiro atoms. The molecule has 1 amide bonds. The van der Waals surface area contributed by atoms with E-state index in [1.165, 1.54) is 0 Å². The van der Waals surface area contributed by atoms with Gasteiger partial charge in [0.05, 0.1) is 6.42 Å². The molecule has 0 aromatic heterocycles. The van der Waals surface area contributed by atoms with Crippen LogP contribution in [0.2, 0.25) is 0 Å². The number of carboxylic acids is 1. The summed E-state index contributed by atoms with van der Waals surface area (Å²) >= 11 is 2.11. The number of hydrogen-bond acceptors (Lipinski definition) is 4. The van der Waals surface area contributed by atoms with E-state index < -0.39 is 12.1 Å². The third-order valence-corrected chi connectivity index (χ3v) is 6.99. The van der Waals surface area contributed by atoms with Gasteiger partial charge in [-0.3, -0.25) is 4.79 Å². The molecule has 26 heavy (non-hydrogen) atoms. The number of aliphatic hydroxyl groups is 1. The number of carbonyl (C=O) groups excluding carboxylic acids is 1. The number of hydrogen-bond donors (Lipinski definition) is 2. The molecule has 0 aliphatic carbocycles. The van der Waals surface area contributed by atoms with E-state index in [2.05, 4.69) is 22.6 Å². The van der Waals surface area contributed by atoms with E-state index in [-0.39, 0.29) is 12.3 Å². The Bertz CT molecular complexity index is 742. The smallest absolute Gasteiger partial charge is 0.337 e. The maximum absolute atomic E-state index is 12.7. The highest BCUT2D eigenvalue weighted by atomic mass is 127. The Hall–Kier alpha value is -1.19. The first-order valence-electron chi connectivity index (χ1n) is 8.88. The summed E-state index contributed by atoms with van der Waals surface area (Å²) in [6.45, 7) is 6.57. The minimum atomic E-state index is -1.57. The van der Waals surface area contributed by atoms with Gasteiger partial charge in [-0.15, -0.1) is 0 Å². The number of aliphatic hydroxyl groups excluding tert-OH is 1. The fourth-order valence-electron chi connectivity index (χ4n) is 3.97. The fourth-order valence-corrected chi connectivity index (χ4v) is 4.99. The van der Waals surface area contributed by atoms with Gasteiger partial charge in [0.1, 0.15) is 0 Å². The number of carboxylic acid groups (broad SMARTS) is 1. The van der Waals surface area contributed by atoms with Crippen LogP contribution in [0.5, 0.6) is 0 Å². The van der Waals surface area contributed by atoms with Gasteiger partial charge in [0.2, 0.25) is 5.91 Å². The SMILES string of the molecule is Cc1c(I)c(C(O)C(=O)O)c(C)c2c1CN(CC1CCOCC1)C(=O)C2. The average Bonchev–Trinajstić information content (AvgIpc) is 2.62. The van der Waals surface area contributed by atoms with Crippen molar-refractivity contribution in [2.24, 2.45) is 5.92 Å². The average molecular weight is 473 g/mol. The van der Waals surface area contributed by atoms with E-state index in [4.69, 9.17) is 4.74 Å². The zero-order valence-corrected chi connectivity index (χ0v) is 17.2. The number of benzene rings is 1. The lowest BCUT2D eigenvalue weighted by Gasteiger charge is -2.35. The van der Waals surface area contributed by atoms with Gasteiger partial charge in [0.15, 0.2) is 6.10 Å². The monoisotopic (exact) mass is 473 g/mol. The Morgan fingerprint density at radius 1 is 1.27 bits per heavy atom. The molecule has 0 bridgehead atoms. The van der Waals surface area contributed by atoms with Crippen LogP contribution in [0, 0.1) is 23.3 Å². The summed E-state index contributed by atoms with van der Waals surface area (Å²) < 4.78 is 6.17. The van der Waals surface area contributed by atoms with Crippen molar-refractivity contribution in [3.05, 3.63) is 31.4 Å². The van der Waals surface area contributed by atoms with Crippen LogP contribution in [0.25, 0.3) is 0 Å². The third kappa shape index (κ3) is 3.61. The predicted molar refractivity (Wildman–Crippen MR) is 104 cm³/mol. The van der Waals surface area contributed by atoms with E-state index >= 15 is 0 Å². The molecule has 1 unspecified atom stereocenters. The number of rotatable bonds is 4. The van der Waals surface area contributed by atoms with Crippen molar-refractivity contribution in [3.63, 3.8) is 0 Å². The van der Waals surface area contributed by atoms with Crippen molar-refractivity contribution < 1.29 is 24.5 Å². The Morgan fingerprint density at radius 2 is 1.92 bits per heavy atom. The molecule has 3 rings (SSSR count). The summed E-state index contributed by atoms with van der Waals surface area (Å²) in [6, 6.07) is 0. The Kier molecular flexibility index (Phi) is 5.88. The third-order valence-electron chi connectivity index (χ3n) is 5.60. The molecule has 2 aliphatic rings. The van der Waals surface area contributed by atoms with Crippen molar-refractivity contribution in [2.75, 3.05) is 19.8 Å². The van der Waals surface area contributed by atoms with Gasteiger partial charge in [-0.1, -0.05) is 0 Å². The number of halogens is 1. The van der Waals surface area contributed by atoms with E-state index in [1.54, 1.807) is 0 Å². The quantitative estimate of drug-likeness (QED) is 0.656. The molecular formula is C19H24INO5. The van der Waals surface area contributed by atoms with Crippen LogP contribution in [-0.2, 0) is 27.3 Å². The molecule has 0 saturated carbocycles. The highest BCUT2D eigenvalue weighted by Crippen LogP contribution is 2.36. The van der Waals surface area contributed by atoms with Crippen molar-refractivity contribution in [3.8, 4) is 0 Å². The number of fused-ring (bicyclic) bond motifs is 1. The van der Waals surface area contributed by atoms with E-state index in [1.807, 2.05) is 18.7 Å². The Balaban J connectivity index is 1.93. The molecule has 2 aliphatic heterocycles. The molecule has 2 N–H and O–H groups in total. The zero-order valence-electron chi connectivity index (χ0n) is 15.0. The predicted octanol–water partition coefficient (Wildman–Crippen LogP) is 2.34. The second-order valence-electron chi connectivity index (χ2n) is 7.18. The summed E-state index contributed by atoms with van der Waals surface area (Å²) in [4.78, 5) is 25.9. The topological polar surface area (TPSA) is 87.1 Å². The van der Waals surface area contributed by atoms with Gasteiger partial charge in [0, 0.05) is 35.4 Å². The van der Waals surface area contributed by atoms with Gasteiger partial charge >= 0.3 is 5.97 Å². The summed E-state index contributed by atoms with van der Waals surface area (Å²) in [6.07, 6.45) is 0.661. The van der Waals surface area contributed by atoms with Crippen molar-refractivity contribution in [1.29, 1.82) is 0 Å². The second kappa shape index (κ2) is 7.82. The first-order valence-corrected chi connectivity index (χ1v) is 9.95. The van der Waals surface area contributed by atoms with Crippen molar-refractivity contribution >= 4 is 34.5 Å². The van der Waals surface area contributed by atoms with Gasteiger partial charge < -0.3 is 19.8 Å². The standard InChI is InChI=1S/C19H24INO5/c1-10-13-7-15(22)21(8-12-3-5-26-6-4-12)9-14(13)11(2)17(20)16(10)18(23)19(24)25/h12,18,23H,3-9H2,1-2H3,(H,24,25). The van der Waals surface area contributed by atoms with Crippen LogP contribution in [0.15, 0.2) is 0 Å². The van der Waals surface area contributed by atoms with Gasteiger partial charge in [-0.25, -0.2) is 4.79 Å². The van der Waals surface area contributed by atoms with E-state index in [0.29, 0.717) is 18.0 Å². The number of ether oxygens (including phenoxy) is 1. The van der Waals surface area contributed by atoms with Gasteiger partial charge in [0.25, 0.3) is 0 Å². The Labute approximate surface area is 166 Å². The number of nitrogens with zero attached hydrogens (tertiary/aromatic N) is 1. The lowest BCUT2D eigenvalue weighted by Crippen LogP contribution is -2.41. The van der Waals surface area contributed by atoms with Gasteiger partial charge in [-0.05, 0) is 77.5 Å². The number of carbonyl (C=O) groups is 2. The number of amides is 1. The molecule has 1 saturated heterocycles. The van der Waals surface area contributed by atoms with Gasteiger partial charge in [-0.2, -0.15) is 0 Å². The maximum atomic E-state index is 12.7. The summed E-state index contributed by atoms with van der Waals surface area (Å²) in [7, 11) is 0. The lowest BCUT2D eigenvalue weighted by atomic mass is 9.86. The summed E-state index contributed by atoms with van der Waals surface area (Å²) in [5, 5.41) is 19.3. The summed E-state index contributed by atoms with van der Waals surface area (Å²) in [5.74, 6) is -0.722. The highest BCUT2D eigenvalue weighted by Gasteiger charge is 2.32. The minimum Gasteiger partial charge on any atom is -0.479 e. The number of aliphatic carboxylic acids is 1. The Morgan fingerprint density at radius 3 is 2.54 bits per heavy atom. The van der Waals surface area contributed by atoms with E-state index in [0.717, 1.165) is 58.4 Å². The molecule has 2 heterocycles. The van der Waals surface area contributed by atoms with Crippen LogP contribution in [0.1, 0.15) is 46.8 Å². The van der Waals surface area contributed by atoms with Crippen LogP contribution >= 0.6 is 22.6 Å². The largest absolute Gasteiger partial charge is 0.479 e. The highest BCUT2D eigenvalue weighted by molar-refractivity contribution is 14.1. The second-order valence-corrected chi connectivity index (χ2v) is 8.26. The van der Waals surface area contributed by atoms with E-state index in [9.17, 15) is 19.8 Å². The van der Waals surface area contributed by atoms with Crippen LogP contribution in [0.4, 0.5) is 0 Å². The minimum absolute atomic E-state index is 0.0727. The maximum Gasteiger partial charge on any atom is 0.337 e. The van der Waals surface area contributed by atoms with Crippen LogP contribution < -0.4 is 0 Å². The first kappa shape index (κ1) is 19.6. The fraction of sp³-hybridized carbons (Fsp3) is 0.579. The first-order chi connectivity index (χ1) is 12.3. The zero-order chi connectivity index (χ0) is 19.0. The molecule has 1 fully saturated rings. The van der Waals surface area contributed by atoms with Crippen molar-refractivity contribution in [1.82, 2.24) is 4.90 Å². The molecule has 6 nitrogen and oxygen atoms in total. The normalized spacial score (nSPS) is 19.4. The summed E-state index contributed by atoms with van der Waals surface area (Å²) in [5.41, 5.74) is 4.08. The molecule has 7 heteroatoms. The molecule has 1 atom stereocenters. The molecular weight excluding hydrogens is 449 g/mol.